The molecule has 0 aliphatic heterocycles. The van der Waals surface area contributed by atoms with Gasteiger partial charge in [-0.15, -0.1) is 45.3 Å². The van der Waals surface area contributed by atoms with Gasteiger partial charge in [-0.2, -0.15) is 17.5 Å². The van der Waals surface area contributed by atoms with Crippen molar-refractivity contribution in [2.24, 2.45) is 11.8 Å². The van der Waals surface area contributed by atoms with Gasteiger partial charge in [0.05, 0.1) is 23.5 Å². The number of nitrogens with zero attached hydrogens (tertiary/aromatic N) is 4. The van der Waals surface area contributed by atoms with Crippen molar-refractivity contribution >= 4 is 102 Å². The van der Waals surface area contributed by atoms with Gasteiger partial charge in [-0.3, -0.25) is 0 Å². The monoisotopic (exact) mass is 1030 g/mol. The maximum absolute atomic E-state index is 7.17. The molecule has 69 heavy (non-hydrogen) atoms. The molecule has 6 aromatic heterocycles. The van der Waals surface area contributed by atoms with E-state index in [9.17, 15) is 0 Å². The van der Waals surface area contributed by atoms with Gasteiger partial charge in [0.2, 0.25) is 0 Å². The van der Waals surface area contributed by atoms with E-state index < -0.39 is 0 Å². The van der Waals surface area contributed by atoms with E-state index in [1.54, 1.807) is 0 Å². The highest BCUT2D eigenvalue weighted by molar-refractivity contribution is 7.26. The smallest absolute Gasteiger partial charge is 0.116 e. The highest BCUT2D eigenvalue weighted by atomic mass is 32.1. The van der Waals surface area contributed by atoms with E-state index in [0.29, 0.717) is 11.8 Å². The van der Waals surface area contributed by atoms with E-state index in [1.165, 1.54) is 176 Å². The molecule has 0 spiro atoms. The second-order valence-electron chi connectivity index (χ2n) is 19.9. The van der Waals surface area contributed by atoms with Gasteiger partial charge in [0, 0.05) is 78.1 Å². The minimum atomic E-state index is -0.123. The topological polar surface area (TPSA) is 104 Å². The number of hydrogen-bond donors (Lipinski definition) is 2. The SMILES string of the molecule is CCCCCCc1ccc(-c2c(N)cc(-c3cc4c(s3)-c3sc(-c5cc(N)c(-c6ccc(CCCCCC)s6)c6nsnc56)cc3C4(CC(CC)CCCC)CC(CC)CCCC)c3nsnc23)s1. The Morgan fingerprint density at radius 2 is 0.884 bits per heavy atom. The number of unbranched alkanes of at least 4 members (excludes halogenated alkanes) is 8. The Hall–Kier alpha value is -3.52. The number of benzene rings is 2. The number of nitrogen functional groups attached to an aromatic ring is 2. The minimum absolute atomic E-state index is 0.123. The zero-order valence-electron chi connectivity index (χ0n) is 41.8. The van der Waals surface area contributed by atoms with Gasteiger partial charge in [-0.1, -0.05) is 131 Å². The quantitative estimate of drug-likeness (QED) is 0.0414. The second-order valence-corrected chi connectivity index (χ2v) is 25.4. The van der Waals surface area contributed by atoms with Crippen LogP contribution in [0.5, 0.6) is 0 Å². The molecule has 2 aromatic carbocycles. The molecule has 9 rings (SSSR count). The predicted molar refractivity (Wildman–Crippen MR) is 308 cm³/mol. The molecule has 0 radical (unpaired) electrons. The molecule has 6 heterocycles. The van der Waals surface area contributed by atoms with Crippen LogP contribution in [0.4, 0.5) is 11.4 Å². The Morgan fingerprint density at radius 3 is 1.29 bits per heavy atom. The molecular weight excluding hydrogens is 961 g/mol. The number of thiophene rings is 4. The number of hydrogen-bond acceptors (Lipinski definition) is 12. The number of rotatable bonds is 26. The molecule has 2 unspecified atom stereocenters. The van der Waals surface area contributed by atoms with Gasteiger partial charge in [0.1, 0.15) is 22.1 Å². The number of aryl methyl sites for hydroxylation is 2. The van der Waals surface area contributed by atoms with E-state index >= 15 is 0 Å². The van der Waals surface area contributed by atoms with Crippen molar-refractivity contribution in [3.63, 3.8) is 0 Å². The van der Waals surface area contributed by atoms with Crippen LogP contribution in [0.15, 0.2) is 48.5 Å². The second kappa shape index (κ2) is 22.9. The Labute approximate surface area is 436 Å². The van der Waals surface area contributed by atoms with Crippen molar-refractivity contribution in [3.05, 3.63) is 69.4 Å². The average Bonchev–Trinajstić information content (AvgIpc) is 4.22. The van der Waals surface area contributed by atoms with Crippen molar-refractivity contribution in [3.8, 4) is 51.5 Å². The van der Waals surface area contributed by atoms with Crippen molar-refractivity contribution < 1.29 is 0 Å². The van der Waals surface area contributed by atoms with E-state index in [2.05, 4.69) is 90.1 Å². The van der Waals surface area contributed by atoms with Crippen molar-refractivity contribution in [2.45, 2.75) is 175 Å². The first kappa shape index (κ1) is 50.4. The third kappa shape index (κ3) is 10.3. The molecule has 4 N–H and O–H groups in total. The third-order valence-corrected chi connectivity index (χ3v) is 21.0. The van der Waals surface area contributed by atoms with E-state index in [4.69, 9.17) is 29.0 Å². The number of fused-ring (bicyclic) bond motifs is 5. The van der Waals surface area contributed by atoms with Gasteiger partial charge >= 0.3 is 0 Å². The fraction of sp³-hybridized carbons (Fsp3) is 0.509. The van der Waals surface area contributed by atoms with Gasteiger partial charge in [0.25, 0.3) is 0 Å². The molecular formula is C57H72N6S6. The normalized spacial score (nSPS) is 14.1. The van der Waals surface area contributed by atoms with Gasteiger partial charge in [-0.25, -0.2) is 0 Å². The summed E-state index contributed by atoms with van der Waals surface area (Å²) >= 11 is 10.2. The van der Waals surface area contributed by atoms with Crippen LogP contribution in [-0.4, -0.2) is 17.5 Å². The molecule has 12 heteroatoms. The Kier molecular flexibility index (Phi) is 16.7. The fourth-order valence-corrected chi connectivity index (χ4v) is 17.3. The van der Waals surface area contributed by atoms with Gasteiger partial charge in [-0.05, 0) is 110 Å². The summed E-state index contributed by atoms with van der Waals surface area (Å²) in [6.45, 7) is 14.1. The Bertz CT molecular complexity index is 2760. The summed E-state index contributed by atoms with van der Waals surface area (Å²) < 4.78 is 20.0. The summed E-state index contributed by atoms with van der Waals surface area (Å²) in [7, 11) is 0. The summed E-state index contributed by atoms with van der Waals surface area (Å²) in [5.74, 6) is 1.25. The van der Waals surface area contributed by atoms with Crippen LogP contribution in [0.25, 0.3) is 73.6 Å². The lowest BCUT2D eigenvalue weighted by Crippen LogP contribution is -2.31. The van der Waals surface area contributed by atoms with Crippen LogP contribution >= 0.6 is 68.8 Å². The van der Waals surface area contributed by atoms with Crippen LogP contribution in [0, 0.1) is 11.8 Å². The minimum Gasteiger partial charge on any atom is -0.398 e. The maximum atomic E-state index is 7.17. The van der Waals surface area contributed by atoms with Crippen LogP contribution in [-0.2, 0) is 18.3 Å². The molecule has 6 nitrogen and oxygen atoms in total. The van der Waals surface area contributed by atoms with Crippen LogP contribution < -0.4 is 11.5 Å². The van der Waals surface area contributed by atoms with Crippen LogP contribution in [0.3, 0.4) is 0 Å². The Balaban J connectivity index is 1.17. The molecule has 0 saturated carbocycles. The fourth-order valence-electron chi connectivity index (χ4n) is 11.2. The lowest BCUT2D eigenvalue weighted by molar-refractivity contribution is 0.266. The van der Waals surface area contributed by atoms with Crippen LogP contribution in [0.2, 0.25) is 0 Å². The summed E-state index contributed by atoms with van der Waals surface area (Å²) in [6.07, 6.45) is 24.5. The molecule has 2 atom stereocenters. The van der Waals surface area contributed by atoms with Crippen molar-refractivity contribution in [1.29, 1.82) is 0 Å². The maximum Gasteiger partial charge on any atom is 0.116 e. The zero-order chi connectivity index (χ0) is 48.1. The highest BCUT2D eigenvalue weighted by Crippen LogP contribution is 2.63. The molecule has 0 bridgehead atoms. The number of aromatic nitrogens is 4. The van der Waals surface area contributed by atoms with Gasteiger partial charge < -0.3 is 11.5 Å². The molecule has 1 aliphatic carbocycles. The summed E-state index contributed by atoms with van der Waals surface area (Å²) in [6, 6.07) is 18.7. The average molecular weight is 1030 g/mol. The first-order valence-electron chi connectivity index (χ1n) is 26.3. The molecule has 0 amide bonds. The standard InChI is InChI=1S/C57H72N6S6/c1-7-13-17-19-23-37-25-27-45(64-37)49-43(58)29-39(51-53(49)62-68-60-51)47-31-41-55(66-47)56-42(57(41,33-35(11-5)21-15-9-3)34-36(12-6)22-16-10-4)32-48(67-56)40-30-44(59)50(54-52(40)61-69-63-54)46-28-26-38(65-46)24-20-18-14-8-2/h25-32,35-36H,7-24,33-34,58-59H2,1-6H3. The summed E-state index contributed by atoms with van der Waals surface area (Å²) in [5, 5.41) is 0. The van der Waals surface area contributed by atoms with E-state index in [0.717, 1.165) is 81.4 Å². The van der Waals surface area contributed by atoms with E-state index in [1.807, 2.05) is 45.3 Å². The first-order valence-corrected chi connectivity index (χ1v) is 31.0. The molecule has 0 saturated heterocycles. The molecule has 0 fully saturated rings. The lowest BCUT2D eigenvalue weighted by Gasteiger charge is -2.37. The largest absolute Gasteiger partial charge is 0.398 e. The van der Waals surface area contributed by atoms with Gasteiger partial charge in [0.15, 0.2) is 0 Å². The highest BCUT2D eigenvalue weighted by Gasteiger charge is 2.48. The number of anilines is 2. The van der Waals surface area contributed by atoms with Crippen LogP contribution in [0.1, 0.15) is 178 Å². The molecule has 8 aromatic rings. The lowest BCUT2D eigenvalue weighted by atomic mass is 9.65. The van der Waals surface area contributed by atoms with Crippen molar-refractivity contribution in [2.75, 3.05) is 11.5 Å². The summed E-state index contributed by atoms with van der Waals surface area (Å²) in [5.41, 5.74) is 26.9. The first-order chi connectivity index (χ1) is 33.7. The molecule has 366 valence electrons. The van der Waals surface area contributed by atoms with E-state index in [-0.39, 0.29) is 5.41 Å². The Morgan fingerprint density at radius 1 is 0.464 bits per heavy atom. The molecule has 1 aliphatic rings. The third-order valence-electron chi connectivity index (χ3n) is 15.1. The van der Waals surface area contributed by atoms with Crippen molar-refractivity contribution in [1.82, 2.24) is 17.5 Å². The predicted octanol–water partition coefficient (Wildman–Crippen LogP) is 19.5. The number of nitrogens with two attached hydrogens (primary N) is 2. The zero-order valence-corrected chi connectivity index (χ0v) is 46.7. The summed E-state index contributed by atoms with van der Waals surface area (Å²) in [4.78, 5) is 10.5.